The third-order valence-corrected chi connectivity index (χ3v) is 7.95. The van der Waals surface area contributed by atoms with Gasteiger partial charge in [-0.25, -0.2) is 8.42 Å². The van der Waals surface area contributed by atoms with Gasteiger partial charge >= 0.3 is 0 Å². The highest BCUT2D eigenvalue weighted by molar-refractivity contribution is 9.10. The SMILES string of the molecule is CCCNC(=O)[C@H](Cc1ccccc1)N(Cc1cccc(Br)c1)C(=O)CN(c1cc(Cl)cc(Cl)c1)S(C)(=O)=O. The molecule has 0 heterocycles. The number of anilines is 1. The van der Waals surface area contributed by atoms with E-state index in [4.69, 9.17) is 23.2 Å². The second-order valence-electron chi connectivity index (χ2n) is 9.05. The molecular formula is C28H30BrCl2N3O4S. The molecule has 0 radical (unpaired) electrons. The third-order valence-electron chi connectivity index (χ3n) is 5.88. The molecule has 0 fully saturated rings. The zero-order chi connectivity index (χ0) is 28.6. The Labute approximate surface area is 248 Å². The number of sulfonamides is 1. The van der Waals surface area contributed by atoms with Crippen molar-refractivity contribution in [2.24, 2.45) is 0 Å². The van der Waals surface area contributed by atoms with Crippen LogP contribution in [0.1, 0.15) is 24.5 Å². The number of nitrogens with zero attached hydrogens (tertiary/aromatic N) is 2. The summed E-state index contributed by atoms with van der Waals surface area (Å²) >= 11 is 15.7. The van der Waals surface area contributed by atoms with Crippen molar-refractivity contribution in [1.82, 2.24) is 10.2 Å². The molecule has 208 valence electrons. The summed E-state index contributed by atoms with van der Waals surface area (Å²) in [6.45, 7) is 1.93. The molecular weight excluding hydrogens is 625 g/mol. The first-order valence-corrected chi connectivity index (χ1v) is 15.7. The molecule has 39 heavy (non-hydrogen) atoms. The first-order chi connectivity index (χ1) is 18.5. The number of carbonyl (C=O) groups is 2. The van der Waals surface area contributed by atoms with Crippen LogP contribution in [-0.2, 0) is 32.6 Å². The second-order valence-corrected chi connectivity index (χ2v) is 12.7. The standard InChI is InChI=1S/C28H30BrCl2N3O4S/c1-3-12-32-28(36)26(14-20-8-5-4-6-9-20)33(18-21-10-7-11-22(29)13-21)27(35)19-34(39(2,37)38)25-16-23(30)15-24(31)17-25/h4-11,13,15-17,26H,3,12,14,18-19H2,1-2H3,(H,32,36)/t26-/m0/s1. The highest BCUT2D eigenvalue weighted by Crippen LogP contribution is 2.27. The predicted molar refractivity (Wildman–Crippen MR) is 161 cm³/mol. The summed E-state index contributed by atoms with van der Waals surface area (Å²) in [5.74, 6) is -0.871. The number of hydrogen-bond donors (Lipinski definition) is 1. The highest BCUT2D eigenvalue weighted by Gasteiger charge is 2.33. The second kappa shape index (κ2) is 14.2. The fourth-order valence-electron chi connectivity index (χ4n) is 4.05. The highest BCUT2D eigenvalue weighted by atomic mass is 79.9. The first kappa shape index (κ1) is 30.9. The molecule has 0 unspecified atom stereocenters. The van der Waals surface area contributed by atoms with Crippen LogP contribution in [0.4, 0.5) is 5.69 Å². The lowest BCUT2D eigenvalue weighted by Gasteiger charge is -2.33. The Morgan fingerprint density at radius 3 is 2.18 bits per heavy atom. The van der Waals surface area contributed by atoms with Gasteiger partial charge in [-0.1, -0.05) is 88.5 Å². The molecule has 0 aliphatic carbocycles. The molecule has 0 saturated heterocycles. The molecule has 3 rings (SSSR count). The molecule has 1 N–H and O–H groups in total. The lowest BCUT2D eigenvalue weighted by molar-refractivity contribution is -0.140. The van der Waals surface area contributed by atoms with E-state index in [0.717, 1.165) is 32.6 Å². The van der Waals surface area contributed by atoms with E-state index < -0.39 is 28.5 Å². The normalized spacial score (nSPS) is 12.0. The van der Waals surface area contributed by atoms with Crippen LogP contribution in [0.5, 0.6) is 0 Å². The number of halogens is 3. The largest absolute Gasteiger partial charge is 0.354 e. The number of carbonyl (C=O) groups excluding carboxylic acids is 2. The minimum absolute atomic E-state index is 0.0865. The van der Waals surface area contributed by atoms with Gasteiger partial charge in [0.05, 0.1) is 11.9 Å². The minimum Gasteiger partial charge on any atom is -0.354 e. The van der Waals surface area contributed by atoms with Crippen LogP contribution < -0.4 is 9.62 Å². The first-order valence-electron chi connectivity index (χ1n) is 12.3. The number of benzene rings is 3. The van der Waals surface area contributed by atoms with Gasteiger partial charge in [-0.15, -0.1) is 0 Å². The molecule has 0 aromatic heterocycles. The Bertz CT molecular complexity index is 1390. The molecule has 0 saturated carbocycles. The number of nitrogens with one attached hydrogen (secondary N) is 1. The van der Waals surface area contributed by atoms with Crippen molar-refractivity contribution in [2.45, 2.75) is 32.4 Å². The van der Waals surface area contributed by atoms with Gasteiger partial charge in [0.1, 0.15) is 12.6 Å². The molecule has 3 aromatic carbocycles. The van der Waals surface area contributed by atoms with Crippen LogP contribution in [0.15, 0.2) is 77.3 Å². The van der Waals surface area contributed by atoms with E-state index in [1.54, 1.807) is 0 Å². The molecule has 2 amide bonds. The summed E-state index contributed by atoms with van der Waals surface area (Å²) in [5, 5.41) is 3.36. The smallest absolute Gasteiger partial charge is 0.244 e. The van der Waals surface area contributed by atoms with E-state index in [-0.39, 0.29) is 34.6 Å². The molecule has 0 bridgehead atoms. The molecule has 3 aromatic rings. The van der Waals surface area contributed by atoms with Crippen molar-refractivity contribution < 1.29 is 18.0 Å². The van der Waals surface area contributed by atoms with Gasteiger partial charge in [0.25, 0.3) is 0 Å². The summed E-state index contributed by atoms with van der Waals surface area (Å²) in [4.78, 5) is 28.9. The van der Waals surface area contributed by atoms with E-state index in [1.807, 2.05) is 61.5 Å². The van der Waals surface area contributed by atoms with Gasteiger partial charge in [-0.05, 0) is 47.9 Å². The zero-order valence-electron chi connectivity index (χ0n) is 21.6. The van der Waals surface area contributed by atoms with E-state index in [0.29, 0.717) is 6.54 Å². The van der Waals surface area contributed by atoms with Crippen LogP contribution >= 0.6 is 39.1 Å². The van der Waals surface area contributed by atoms with Gasteiger partial charge in [-0.3, -0.25) is 13.9 Å². The Morgan fingerprint density at radius 2 is 1.59 bits per heavy atom. The summed E-state index contributed by atoms with van der Waals surface area (Å²) < 4.78 is 27.4. The van der Waals surface area contributed by atoms with Gasteiger partial charge in [-0.2, -0.15) is 0 Å². The fourth-order valence-corrected chi connectivity index (χ4v) is 5.84. The average Bonchev–Trinajstić information content (AvgIpc) is 2.87. The van der Waals surface area contributed by atoms with Gasteiger partial charge in [0.2, 0.25) is 21.8 Å². The maximum atomic E-state index is 14.0. The Kier molecular flexibility index (Phi) is 11.2. The van der Waals surface area contributed by atoms with Crippen LogP contribution in [0.2, 0.25) is 10.0 Å². The van der Waals surface area contributed by atoms with Gasteiger partial charge in [0, 0.05) is 34.0 Å². The molecule has 0 aliphatic heterocycles. The van der Waals surface area contributed by atoms with Crippen LogP contribution in [0.3, 0.4) is 0 Å². The third kappa shape index (κ3) is 9.24. The monoisotopic (exact) mass is 653 g/mol. The molecule has 11 heteroatoms. The molecule has 0 spiro atoms. The Hall–Kier alpha value is -2.59. The van der Waals surface area contributed by atoms with E-state index >= 15 is 0 Å². The molecule has 1 atom stereocenters. The number of amides is 2. The zero-order valence-corrected chi connectivity index (χ0v) is 25.5. The summed E-state index contributed by atoms with van der Waals surface area (Å²) in [5.41, 5.74) is 1.79. The summed E-state index contributed by atoms with van der Waals surface area (Å²) in [7, 11) is -3.92. The van der Waals surface area contributed by atoms with E-state index in [1.165, 1.54) is 23.1 Å². The number of hydrogen-bond acceptors (Lipinski definition) is 4. The van der Waals surface area contributed by atoms with Crippen LogP contribution in [0, 0.1) is 0 Å². The summed E-state index contributed by atoms with van der Waals surface area (Å²) in [6, 6.07) is 20.2. The lowest BCUT2D eigenvalue weighted by Crippen LogP contribution is -2.53. The average molecular weight is 655 g/mol. The van der Waals surface area contributed by atoms with Crippen LogP contribution in [0.25, 0.3) is 0 Å². The minimum atomic E-state index is -3.92. The van der Waals surface area contributed by atoms with Crippen molar-refractivity contribution in [1.29, 1.82) is 0 Å². The molecule has 7 nitrogen and oxygen atoms in total. The van der Waals surface area contributed by atoms with Crippen molar-refractivity contribution in [3.8, 4) is 0 Å². The summed E-state index contributed by atoms with van der Waals surface area (Å²) in [6.07, 6.45) is 1.97. The quantitative estimate of drug-likeness (QED) is 0.272. The molecule has 0 aliphatic rings. The Morgan fingerprint density at radius 1 is 0.949 bits per heavy atom. The van der Waals surface area contributed by atoms with Crippen molar-refractivity contribution >= 4 is 66.7 Å². The van der Waals surface area contributed by atoms with Gasteiger partial charge < -0.3 is 10.2 Å². The van der Waals surface area contributed by atoms with Crippen molar-refractivity contribution in [3.63, 3.8) is 0 Å². The number of rotatable bonds is 12. The predicted octanol–water partition coefficient (Wildman–Crippen LogP) is 5.69. The lowest BCUT2D eigenvalue weighted by atomic mass is 10.0. The maximum absolute atomic E-state index is 14.0. The van der Waals surface area contributed by atoms with Crippen LogP contribution in [-0.4, -0.2) is 50.5 Å². The Balaban J connectivity index is 2.06. The van der Waals surface area contributed by atoms with E-state index in [2.05, 4.69) is 21.2 Å². The topological polar surface area (TPSA) is 86.8 Å². The fraction of sp³-hybridized carbons (Fsp3) is 0.286. The maximum Gasteiger partial charge on any atom is 0.244 e. The van der Waals surface area contributed by atoms with Gasteiger partial charge in [0.15, 0.2) is 0 Å². The van der Waals surface area contributed by atoms with E-state index in [9.17, 15) is 18.0 Å². The van der Waals surface area contributed by atoms with Crippen molar-refractivity contribution in [2.75, 3.05) is 23.7 Å². The van der Waals surface area contributed by atoms with Crippen molar-refractivity contribution in [3.05, 3.63) is 98.4 Å².